The van der Waals surface area contributed by atoms with Crippen molar-refractivity contribution in [3.05, 3.63) is 12.7 Å². The summed E-state index contributed by atoms with van der Waals surface area (Å²) in [6.45, 7) is 5.79. The first-order valence-electron chi connectivity index (χ1n) is 3.52. The van der Waals surface area contributed by atoms with Crippen LogP contribution in [0.25, 0.3) is 0 Å². The lowest BCUT2D eigenvalue weighted by molar-refractivity contribution is -0.142. The van der Waals surface area contributed by atoms with E-state index in [-0.39, 0.29) is 12.1 Å². The topological polar surface area (TPSA) is 35.5 Å². The Morgan fingerprint density at radius 1 is 1.82 bits per heavy atom. The number of ether oxygens (including phenoxy) is 1. The maximum atomic E-state index is 10.6. The second kappa shape index (κ2) is 6.12. The Morgan fingerprint density at radius 3 is 2.91 bits per heavy atom. The molecule has 0 spiro atoms. The van der Waals surface area contributed by atoms with Crippen molar-refractivity contribution in [3.8, 4) is 0 Å². The Balaban J connectivity index is 3.43. The maximum absolute atomic E-state index is 10.6. The molecule has 1 unspecified atom stereocenters. The molecular formula is C7H14O3Si. The molecule has 0 aromatic heterocycles. The monoisotopic (exact) mass is 174 g/mol. The van der Waals surface area contributed by atoms with Gasteiger partial charge in [-0.05, 0) is 6.92 Å². The SMILES string of the molecule is C=CC(=O)OC(C)CCO[SiH3]. The molecule has 0 rings (SSSR count). The largest absolute Gasteiger partial charge is 0.459 e. The average Bonchev–Trinajstić information content (AvgIpc) is 2.00. The van der Waals surface area contributed by atoms with E-state index in [1.54, 1.807) is 0 Å². The molecule has 0 fully saturated rings. The van der Waals surface area contributed by atoms with Crippen molar-refractivity contribution in [2.45, 2.75) is 19.4 Å². The highest BCUT2D eigenvalue weighted by Crippen LogP contribution is 1.97. The standard InChI is InChI=1S/C7H14O3Si/c1-3-7(8)10-6(2)4-5-9-11/h3,6H,1,4-5H2,2,11H3. The number of rotatable bonds is 5. The van der Waals surface area contributed by atoms with Crippen LogP contribution in [0.1, 0.15) is 13.3 Å². The summed E-state index contributed by atoms with van der Waals surface area (Å²) in [4.78, 5) is 10.6. The van der Waals surface area contributed by atoms with Crippen molar-refractivity contribution in [1.82, 2.24) is 0 Å². The van der Waals surface area contributed by atoms with Crippen LogP contribution in [-0.4, -0.2) is 29.2 Å². The van der Waals surface area contributed by atoms with Gasteiger partial charge in [-0.15, -0.1) is 0 Å². The summed E-state index contributed by atoms with van der Waals surface area (Å²) in [5, 5.41) is 0. The van der Waals surface area contributed by atoms with Crippen LogP contribution in [0.3, 0.4) is 0 Å². The van der Waals surface area contributed by atoms with Gasteiger partial charge in [0.05, 0.1) is 0 Å². The molecule has 0 aromatic carbocycles. The summed E-state index contributed by atoms with van der Waals surface area (Å²) in [5.74, 6) is -0.370. The average molecular weight is 174 g/mol. The highest BCUT2D eigenvalue weighted by atomic mass is 28.2. The summed E-state index contributed by atoms with van der Waals surface area (Å²) < 4.78 is 9.83. The van der Waals surface area contributed by atoms with Gasteiger partial charge in [0.15, 0.2) is 0 Å². The van der Waals surface area contributed by atoms with Crippen molar-refractivity contribution >= 4 is 16.5 Å². The normalized spacial score (nSPS) is 12.5. The Labute approximate surface area is 69.9 Å². The van der Waals surface area contributed by atoms with E-state index in [1.807, 2.05) is 6.92 Å². The van der Waals surface area contributed by atoms with Gasteiger partial charge >= 0.3 is 5.97 Å². The zero-order valence-electron chi connectivity index (χ0n) is 7.00. The third-order valence-electron chi connectivity index (χ3n) is 1.21. The van der Waals surface area contributed by atoms with Crippen molar-refractivity contribution in [2.24, 2.45) is 0 Å². The first-order valence-corrected chi connectivity index (χ1v) is 4.34. The van der Waals surface area contributed by atoms with Crippen molar-refractivity contribution in [3.63, 3.8) is 0 Å². The Morgan fingerprint density at radius 2 is 2.45 bits per heavy atom. The minimum absolute atomic E-state index is 0.0746. The van der Waals surface area contributed by atoms with E-state index in [2.05, 4.69) is 6.58 Å². The molecule has 0 aliphatic carbocycles. The van der Waals surface area contributed by atoms with E-state index < -0.39 is 0 Å². The van der Waals surface area contributed by atoms with Gasteiger partial charge in [-0.25, -0.2) is 4.79 Å². The first-order chi connectivity index (χ1) is 5.20. The molecule has 0 bridgehead atoms. The van der Waals surface area contributed by atoms with E-state index in [0.717, 1.165) is 23.0 Å². The minimum Gasteiger partial charge on any atom is -0.459 e. The third kappa shape index (κ3) is 5.81. The van der Waals surface area contributed by atoms with Gasteiger partial charge in [-0.1, -0.05) is 6.58 Å². The fraction of sp³-hybridized carbons (Fsp3) is 0.571. The second-order valence-electron chi connectivity index (χ2n) is 2.23. The fourth-order valence-corrected chi connectivity index (χ4v) is 0.825. The van der Waals surface area contributed by atoms with Gasteiger partial charge in [0, 0.05) is 19.1 Å². The predicted octanol–water partition coefficient (Wildman–Crippen LogP) is -0.209. The summed E-state index contributed by atoms with van der Waals surface area (Å²) >= 11 is 0. The van der Waals surface area contributed by atoms with E-state index in [0.29, 0.717) is 6.61 Å². The van der Waals surface area contributed by atoms with Crippen LogP contribution in [0.4, 0.5) is 0 Å². The van der Waals surface area contributed by atoms with Crippen LogP contribution in [-0.2, 0) is 14.0 Å². The zero-order valence-corrected chi connectivity index (χ0v) is 9.00. The summed E-state index contributed by atoms with van der Waals surface area (Å²) in [6.07, 6.45) is 1.84. The van der Waals surface area contributed by atoms with Crippen LogP contribution in [0.15, 0.2) is 12.7 Å². The second-order valence-corrected chi connectivity index (χ2v) is 2.81. The molecule has 0 aliphatic rings. The smallest absolute Gasteiger partial charge is 0.330 e. The van der Waals surface area contributed by atoms with Crippen LogP contribution in [0, 0.1) is 0 Å². The van der Waals surface area contributed by atoms with Crippen LogP contribution in [0.2, 0.25) is 0 Å². The molecule has 0 aromatic rings. The van der Waals surface area contributed by atoms with Crippen molar-refractivity contribution < 1.29 is 14.0 Å². The molecule has 0 saturated carbocycles. The summed E-state index contributed by atoms with van der Waals surface area (Å²) in [5.41, 5.74) is 0. The van der Waals surface area contributed by atoms with Gasteiger partial charge in [0.1, 0.15) is 16.6 Å². The first kappa shape index (κ1) is 10.4. The van der Waals surface area contributed by atoms with Crippen LogP contribution in [0.5, 0.6) is 0 Å². The molecule has 64 valence electrons. The van der Waals surface area contributed by atoms with Gasteiger partial charge in [0.25, 0.3) is 0 Å². The van der Waals surface area contributed by atoms with Gasteiger partial charge in [-0.2, -0.15) is 0 Å². The Bertz CT molecular complexity index is 136. The number of carbonyl (C=O) groups is 1. The van der Waals surface area contributed by atoms with E-state index in [9.17, 15) is 4.79 Å². The maximum Gasteiger partial charge on any atom is 0.330 e. The molecule has 0 saturated heterocycles. The van der Waals surface area contributed by atoms with Crippen molar-refractivity contribution in [2.75, 3.05) is 6.61 Å². The van der Waals surface area contributed by atoms with Crippen LogP contribution < -0.4 is 0 Å². The molecule has 3 nitrogen and oxygen atoms in total. The fourth-order valence-electron chi connectivity index (χ4n) is 0.589. The molecule has 0 amide bonds. The van der Waals surface area contributed by atoms with Gasteiger partial charge < -0.3 is 9.16 Å². The lowest BCUT2D eigenvalue weighted by Crippen LogP contribution is -2.14. The summed E-state index contributed by atoms with van der Waals surface area (Å²) in [7, 11) is 0.734. The number of hydrogen-bond donors (Lipinski definition) is 0. The molecule has 0 radical (unpaired) electrons. The number of hydrogen-bond acceptors (Lipinski definition) is 3. The highest BCUT2D eigenvalue weighted by Gasteiger charge is 2.04. The lowest BCUT2D eigenvalue weighted by atomic mass is 10.3. The number of carbonyl (C=O) groups excluding carboxylic acids is 1. The quantitative estimate of drug-likeness (QED) is 0.329. The van der Waals surface area contributed by atoms with Gasteiger partial charge in [0.2, 0.25) is 0 Å². The van der Waals surface area contributed by atoms with E-state index in [1.165, 1.54) is 0 Å². The molecule has 4 heteroatoms. The van der Waals surface area contributed by atoms with E-state index >= 15 is 0 Å². The highest BCUT2D eigenvalue weighted by molar-refractivity contribution is 5.97. The number of esters is 1. The molecule has 11 heavy (non-hydrogen) atoms. The third-order valence-corrected chi connectivity index (χ3v) is 1.62. The van der Waals surface area contributed by atoms with Crippen LogP contribution >= 0.6 is 0 Å². The molecular weight excluding hydrogens is 160 g/mol. The van der Waals surface area contributed by atoms with Gasteiger partial charge in [-0.3, -0.25) is 0 Å². The molecule has 0 aliphatic heterocycles. The van der Waals surface area contributed by atoms with E-state index in [4.69, 9.17) is 9.16 Å². The molecule has 0 heterocycles. The van der Waals surface area contributed by atoms with Crippen molar-refractivity contribution in [1.29, 1.82) is 0 Å². The Hall–Kier alpha value is -0.613. The molecule has 1 atom stereocenters. The zero-order chi connectivity index (χ0) is 8.69. The summed E-state index contributed by atoms with van der Waals surface area (Å²) in [6, 6.07) is 0. The lowest BCUT2D eigenvalue weighted by Gasteiger charge is -2.10. The Kier molecular flexibility index (Phi) is 5.78. The minimum atomic E-state index is -0.370. The molecule has 0 N–H and O–H groups in total. The predicted molar refractivity (Wildman–Crippen MR) is 46.3 cm³/mol.